The third kappa shape index (κ3) is 2.93. The van der Waals surface area contributed by atoms with E-state index in [0.29, 0.717) is 12.1 Å². The fourth-order valence-corrected chi connectivity index (χ4v) is 1.89. The van der Waals surface area contributed by atoms with Crippen molar-refractivity contribution in [1.82, 2.24) is 19.9 Å². The van der Waals surface area contributed by atoms with Crippen LogP contribution >= 0.6 is 0 Å². The van der Waals surface area contributed by atoms with Crippen molar-refractivity contribution in [2.24, 2.45) is 0 Å². The van der Waals surface area contributed by atoms with Gasteiger partial charge in [0, 0.05) is 12.4 Å². The van der Waals surface area contributed by atoms with Crippen LogP contribution in [-0.2, 0) is 4.79 Å². The first-order valence-electron chi connectivity index (χ1n) is 6.45. The predicted molar refractivity (Wildman–Crippen MR) is 71.4 cm³/mol. The summed E-state index contributed by atoms with van der Waals surface area (Å²) in [6.45, 7) is 1.97. The fraction of sp³-hybridized carbons (Fsp3) is 0.385. The number of hydrogen-bond acceptors (Lipinski definition) is 4. The fourth-order valence-electron chi connectivity index (χ4n) is 1.89. The molecule has 106 valence electrons. The lowest BCUT2D eigenvalue weighted by molar-refractivity contribution is -0.139. The van der Waals surface area contributed by atoms with Crippen LogP contribution in [0, 0.1) is 0 Å². The van der Waals surface area contributed by atoms with Crippen molar-refractivity contribution >= 4 is 17.5 Å². The maximum absolute atomic E-state index is 12.1. The van der Waals surface area contributed by atoms with Gasteiger partial charge in [0.25, 0.3) is 5.91 Å². The minimum atomic E-state index is -1.03. The van der Waals surface area contributed by atoms with Gasteiger partial charge in [0.1, 0.15) is 11.6 Å². The summed E-state index contributed by atoms with van der Waals surface area (Å²) >= 11 is 0. The number of unbranched alkanes of at least 4 members (excludes halogenated alkanes) is 1. The minimum absolute atomic E-state index is 0.272. The molecule has 7 nitrogen and oxygen atoms in total. The highest BCUT2D eigenvalue weighted by Crippen LogP contribution is 2.08. The van der Waals surface area contributed by atoms with Gasteiger partial charge in [-0.2, -0.15) is 5.10 Å². The van der Waals surface area contributed by atoms with Crippen molar-refractivity contribution in [3.8, 4) is 0 Å². The Balaban J connectivity index is 2.16. The third-order valence-corrected chi connectivity index (χ3v) is 2.97. The lowest BCUT2D eigenvalue weighted by Gasteiger charge is -2.13. The Kier molecular flexibility index (Phi) is 4.29. The van der Waals surface area contributed by atoms with E-state index in [1.54, 1.807) is 18.5 Å². The number of aromatic nitrogens is 3. The Morgan fingerprint density at radius 1 is 1.50 bits per heavy atom. The molecule has 0 aliphatic carbocycles. The van der Waals surface area contributed by atoms with Crippen molar-refractivity contribution in [1.29, 1.82) is 0 Å². The summed E-state index contributed by atoms with van der Waals surface area (Å²) in [6.07, 6.45) is 6.63. The molecule has 0 saturated heterocycles. The number of aliphatic carboxylic acids is 1. The van der Waals surface area contributed by atoms with Crippen LogP contribution in [0.4, 0.5) is 0 Å². The van der Waals surface area contributed by atoms with E-state index in [0.717, 1.165) is 12.8 Å². The van der Waals surface area contributed by atoms with Gasteiger partial charge in [0.15, 0.2) is 5.65 Å². The average Bonchev–Trinajstić information content (AvgIpc) is 2.87. The number of carbonyl (C=O) groups is 2. The molecule has 1 amide bonds. The topological polar surface area (TPSA) is 96.6 Å². The summed E-state index contributed by atoms with van der Waals surface area (Å²) in [5.41, 5.74) is 0.679. The van der Waals surface area contributed by atoms with Gasteiger partial charge in [-0.05, 0) is 12.5 Å². The van der Waals surface area contributed by atoms with Crippen LogP contribution in [0.1, 0.15) is 36.5 Å². The summed E-state index contributed by atoms with van der Waals surface area (Å²) in [7, 11) is 0. The molecule has 2 aromatic heterocycles. The molecule has 20 heavy (non-hydrogen) atoms. The number of carboxylic acids is 1. The number of rotatable bonds is 6. The van der Waals surface area contributed by atoms with Crippen molar-refractivity contribution < 1.29 is 14.7 Å². The number of fused-ring (bicyclic) bond motifs is 1. The number of carbonyl (C=O) groups excluding carboxylic acids is 1. The van der Waals surface area contributed by atoms with Crippen molar-refractivity contribution in [2.45, 2.75) is 32.2 Å². The second kappa shape index (κ2) is 6.14. The number of carboxylic acid groups (broad SMARTS) is 1. The summed E-state index contributed by atoms with van der Waals surface area (Å²) in [5, 5.41) is 15.6. The number of amides is 1. The zero-order chi connectivity index (χ0) is 14.5. The van der Waals surface area contributed by atoms with Gasteiger partial charge in [-0.15, -0.1) is 0 Å². The molecule has 0 fully saturated rings. The Labute approximate surface area is 115 Å². The number of nitrogens with zero attached hydrogens (tertiary/aromatic N) is 3. The van der Waals surface area contributed by atoms with Gasteiger partial charge in [-0.25, -0.2) is 14.3 Å². The smallest absolute Gasteiger partial charge is 0.326 e. The van der Waals surface area contributed by atoms with Crippen LogP contribution in [0.3, 0.4) is 0 Å². The standard InChI is InChI=1S/C13H16N4O3/c1-2-3-5-10(13(19)20)16-12(18)9-8-15-17-7-4-6-14-11(9)17/h4,6-8,10H,2-3,5H2,1H3,(H,16,18)(H,19,20)/t10-/m0/s1. The van der Waals surface area contributed by atoms with Gasteiger partial charge in [-0.3, -0.25) is 4.79 Å². The van der Waals surface area contributed by atoms with Gasteiger partial charge in [0.2, 0.25) is 0 Å². The molecule has 0 bridgehead atoms. The van der Waals surface area contributed by atoms with Crippen LogP contribution in [-0.4, -0.2) is 37.6 Å². The van der Waals surface area contributed by atoms with Gasteiger partial charge in [0.05, 0.1) is 6.20 Å². The monoisotopic (exact) mass is 276 g/mol. The van der Waals surface area contributed by atoms with Gasteiger partial charge < -0.3 is 10.4 Å². The van der Waals surface area contributed by atoms with Crippen molar-refractivity contribution in [3.05, 3.63) is 30.2 Å². The summed E-state index contributed by atoms with van der Waals surface area (Å²) in [6, 6.07) is 0.810. The molecule has 0 aliphatic heterocycles. The highest BCUT2D eigenvalue weighted by molar-refractivity contribution is 6.01. The molecule has 2 N–H and O–H groups in total. The van der Waals surface area contributed by atoms with Crippen molar-refractivity contribution in [2.75, 3.05) is 0 Å². The maximum atomic E-state index is 12.1. The largest absolute Gasteiger partial charge is 0.480 e. The van der Waals surface area contributed by atoms with E-state index >= 15 is 0 Å². The van der Waals surface area contributed by atoms with Crippen LogP contribution in [0.15, 0.2) is 24.7 Å². The van der Waals surface area contributed by atoms with E-state index in [4.69, 9.17) is 5.11 Å². The molecule has 2 heterocycles. The second-order valence-electron chi connectivity index (χ2n) is 4.45. The summed E-state index contributed by atoms with van der Waals surface area (Å²) in [5.74, 6) is -1.50. The molecule has 2 rings (SSSR count). The molecule has 0 aliphatic rings. The second-order valence-corrected chi connectivity index (χ2v) is 4.45. The van der Waals surface area contributed by atoms with Crippen LogP contribution in [0.25, 0.3) is 5.65 Å². The quantitative estimate of drug-likeness (QED) is 0.823. The molecule has 1 atom stereocenters. The van der Waals surface area contributed by atoms with E-state index in [1.807, 2.05) is 6.92 Å². The highest BCUT2D eigenvalue weighted by Gasteiger charge is 2.22. The molecule has 7 heteroatoms. The molecular weight excluding hydrogens is 260 g/mol. The Hall–Kier alpha value is -2.44. The van der Waals surface area contributed by atoms with Crippen LogP contribution in [0.5, 0.6) is 0 Å². The SMILES string of the molecule is CCCC[C@H](NC(=O)c1cnn2cccnc12)C(=O)O. The molecule has 0 unspecified atom stereocenters. The zero-order valence-corrected chi connectivity index (χ0v) is 11.1. The predicted octanol–water partition coefficient (Wildman–Crippen LogP) is 1.10. The van der Waals surface area contributed by atoms with Gasteiger partial charge >= 0.3 is 5.97 Å². The number of nitrogens with one attached hydrogen (secondary N) is 1. The third-order valence-electron chi connectivity index (χ3n) is 2.97. The van der Waals surface area contributed by atoms with E-state index in [-0.39, 0.29) is 5.56 Å². The number of hydrogen-bond donors (Lipinski definition) is 2. The molecular formula is C13H16N4O3. The Morgan fingerprint density at radius 2 is 2.30 bits per heavy atom. The van der Waals surface area contributed by atoms with Crippen LogP contribution in [0.2, 0.25) is 0 Å². The summed E-state index contributed by atoms with van der Waals surface area (Å²) in [4.78, 5) is 27.3. The Bertz CT molecular complexity index is 623. The van der Waals surface area contributed by atoms with E-state index in [2.05, 4.69) is 15.4 Å². The highest BCUT2D eigenvalue weighted by atomic mass is 16.4. The van der Waals surface area contributed by atoms with Gasteiger partial charge in [-0.1, -0.05) is 19.8 Å². The van der Waals surface area contributed by atoms with E-state index < -0.39 is 17.9 Å². The normalized spacial score (nSPS) is 12.2. The lowest BCUT2D eigenvalue weighted by Crippen LogP contribution is -2.40. The first-order chi connectivity index (χ1) is 9.63. The first kappa shape index (κ1) is 14.0. The zero-order valence-electron chi connectivity index (χ0n) is 11.1. The van der Waals surface area contributed by atoms with Crippen molar-refractivity contribution in [3.63, 3.8) is 0 Å². The molecule has 0 spiro atoms. The minimum Gasteiger partial charge on any atom is -0.480 e. The first-order valence-corrected chi connectivity index (χ1v) is 6.45. The molecule has 2 aromatic rings. The van der Waals surface area contributed by atoms with Crippen LogP contribution < -0.4 is 5.32 Å². The Morgan fingerprint density at radius 3 is 3.00 bits per heavy atom. The maximum Gasteiger partial charge on any atom is 0.326 e. The molecule has 0 radical (unpaired) electrons. The average molecular weight is 276 g/mol. The van der Waals surface area contributed by atoms with E-state index in [1.165, 1.54) is 10.7 Å². The summed E-state index contributed by atoms with van der Waals surface area (Å²) < 4.78 is 1.47. The molecule has 0 aromatic carbocycles. The van der Waals surface area contributed by atoms with E-state index in [9.17, 15) is 9.59 Å². The molecule has 0 saturated carbocycles. The lowest BCUT2D eigenvalue weighted by atomic mass is 10.1.